The zero-order valence-electron chi connectivity index (χ0n) is 15.2. The third-order valence-corrected chi connectivity index (χ3v) is 4.77. The van der Waals surface area contributed by atoms with Gasteiger partial charge in [0, 0.05) is 10.8 Å². The van der Waals surface area contributed by atoms with Crippen LogP contribution in [0.3, 0.4) is 0 Å². The number of hydrogen-bond acceptors (Lipinski definition) is 4. The molecule has 0 aliphatic carbocycles. The highest BCUT2D eigenvalue weighted by Crippen LogP contribution is 2.46. The van der Waals surface area contributed by atoms with Gasteiger partial charge in [-0.1, -0.05) is 48.5 Å². The van der Waals surface area contributed by atoms with E-state index in [0.717, 1.165) is 27.3 Å². The number of rotatable bonds is 4. The number of hydrogen-bond donors (Lipinski definition) is 2. The van der Waals surface area contributed by atoms with Gasteiger partial charge >= 0.3 is 0 Å². The summed E-state index contributed by atoms with van der Waals surface area (Å²) >= 11 is 0. The molecule has 136 valence electrons. The van der Waals surface area contributed by atoms with E-state index in [1.165, 1.54) is 7.11 Å². The number of ether oxygens (including phenoxy) is 2. The summed E-state index contributed by atoms with van der Waals surface area (Å²) in [6.07, 6.45) is 0. The van der Waals surface area contributed by atoms with E-state index in [9.17, 15) is 10.2 Å². The van der Waals surface area contributed by atoms with Crippen LogP contribution in [0.4, 0.5) is 0 Å². The molecule has 0 unspecified atom stereocenters. The van der Waals surface area contributed by atoms with Crippen molar-refractivity contribution in [1.82, 2.24) is 0 Å². The van der Waals surface area contributed by atoms with E-state index in [4.69, 9.17) is 9.47 Å². The van der Waals surface area contributed by atoms with E-state index in [2.05, 4.69) is 0 Å². The van der Waals surface area contributed by atoms with Crippen molar-refractivity contribution in [2.45, 2.75) is 6.92 Å². The molecule has 0 heterocycles. The van der Waals surface area contributed by atoms with Crippen LogP contribution in [0.2, 0.25) is 0 Å². The number of aromatic hydroxyl groups is 2. The summed E-state index contributed by atoms with van der Waals surface area (Å²) < 4.78 is 11.1. The molecule has 4 nitrogen and oxygen atoms in total. The lowest BCUT2D eigenvalue weighted by Crippen LogP contribution is -1.95. The zero-order chi connectivity index (χ0) is 19.0. The second kappa shape index (κ2) is 6.72. The molecule has 2 N–H and O–H groups in total. The minimum atomic E-state index is 0.116. The van der Waals surface area contributed by atoms with Crippen molar-refractivity contribution >= 4 is 21.5 Å². The molecule has 0 aliphatic heterocycles. The van der Waals surface area contributed by atoms with Gasteiger partial charge < -0.3 is 19.7 Å². The Labute approximate surface area is 157 Å². The average molecular weight is 360 g/mol. The first kappa shape index (κ1) is 17.0. The van der Waals surface area contributed by atoms with Crippen LogP contribution in [-0.4, -0.2) is 23.9 Å². The Hall–Kier alpha value is -3.40. The molecule has 4 aromatic carbocycles. The van der Waals surface area contributed by atoms with E-state index in [1.807, 2.05) is 67.6 Å². The van der Waals surface area contributed by atoms with Crippen LogP contribution in [0, 0.1) is 0 Å². The van der Waals surface area contributed by atoms with Gasteiger partial charge in [-0.25, -0.2) is 0 Å². The normalized spacial score (nSPS) is 11.0. The number of benzene rings is 4. The Kier molecular flexibility index (Phi) is 4.24. The Morgan fingerprint density at radius 3 is 1.63 bits per heavy atom. The summed E-state index contributed by atoms with van der Waals surface area (Å²) in [5.74, 6) is 1.08. The van der Waals surface area contributed by atoms with Crippen LogP contribution in [0.25, 0.3) is 32.7 Å². The van der Waals surface area contributed by atoms with Gasteiger partial charge in [-0.15, -0.1) is 0 Å². The Morgan fingerprint density at radius 1 is 0.704 bits per heavy atom. The summed E-state index contributed by atoms with van der Waals surface area (Å²) in [6, 6.07) is 19.0. The van der Waals surface area contributed by atoms with Crippen LogP contribution in [-0.2, 0) is 0 Å². The fourth-order valence-corrected chi connectivity index (χ4v) is 3.54. The second-order valence-corrected chi connectivity index (χ2v) is 6.27. The molecule has 0 spiro atoms. The van der Waals surface area contributed by atoms with Crippen LogP contribution in [0.5, 0.6) is 23.0 Å². The fourth-order valence-electron chi connectivity index (χ4n) is 3.54. The van der Waals surface area contributed by atoms with Gasteiger partial charge in [0.05, 0.1) is 13.7 Å². The van der Waals surface area contributed by atoms with E-state index in [1.54, 1.807) is 0 Å². The molecule has 0 saturated heterocycles. The maximum atomic E-state index is 10.6. The number of fused-ring (bicyclic) bond motifs is 2. The maximum absolute atomic E-state index is 10.6. The quantitative estimate of drug-likeness (QED) is 0.506. The minimum absolute atomic E-state index is 0.116. The van der Waals surface area contributed by atoms with E-state index in [0.29, 0.717) is 23.5 Å². The first-order valence-electron chi connectivity index (χ1n) is 8.82. The zero-order valence-corrected chi connectivity index (χ0v) is 15.2. The summed E-state index contributed by atoms with van der Waals surface area (Å²) in [4.78, 5) is 0. The highest BCUT2D eigenvalue weighted by Gasteiger charge is 2.18. The molecule has 0 atom stereocenters. The van der Waals surface area contributed by atoms with Gasteiger partial charge in [0.1, 0.15) is 0 Å². The van der Waals surface area contributed by atoms with Gasteiger partial charge in [-0.05, 0) is 41.0 Å². The SMILES string of the molecule is CCOc1cc(-c2cc(OC)c(O)c3ccccc23)c2ccccc2c1O. The molecule has 0 bridgehead atoms. The molecular formula is C23H20O4. The number of methoxy groups -OCH3 is 1. The highest BCUT2D eigenvalue weighted by molar-refractivity contribution is 6.10. The molecular weight excluding hydrogens is 340 g/mol. The molecule has 0 amide bonds. The third kappa shape index (κ3) is 2.70. The van der Waals surface area contributed by atoms with Crippen molar-refractivity contribution in [3.63, 3.8) is 0 Å². The van der Waals surface area contributed by atoms with Crippen molar-refractivity contribution in [3.05, 3.63) is 60.7 Å². The monoisotopic (exact) mass is 360 g/mol. The standard InChI is InChI=1S/C23H20O4/c1-3-27-21-13-19(15-9-5-7-11-17(15)23(21)25)18-12-20(26-2)22(24)16-10-6-4-8-14(16)18/h4-13,24-25H,3H2,1-2H3. The van der Waals surface area contributed by atoms with E-state index >= 15 is 0 Å². The van der Waals surface area contributed by atoms with Crippen LogP contribution in [0.15, 0.2) is 60.7 Å². The lowest BCUT2D eigenvalue weighted by atomic mass is 9.92. The molecule has 4 rings (SSSR count). The summed E-state index contributed by atoms with van der Waals surface area (Å²) in [6.45, 7) is 2.33. The third-order valence-electron chi connectivity index (χ3n) is 4.77. The van der Waals surface area contributed by atoms with Crippen LogP contribution >= 0.6 is 0 Å². The van der Waals surface area contributed by atoms with Crippen molar-refractivity contribution in [2.75, 3.05) is 13.7 Å². The predicted molar refractivity (Wildman–Crippen MR) is 108 cm³/mol. The molecule has 4 aromatic rings. The van der Waals surface area contributed by atoms with Crippen molar-refractivity contribution in [1.29, 1.82) is 0 Å². The Bertz CT molecular complexity index is 1150. The predicted octanol–water partition coefficient (Wildman–Crippen LogP) is 5.48. The first-order chi connectivity index (χ1) is 13.2. The van der Waals surface area contributed by atoms with E-state index < -0.39 is 0 Å². The molecule has 27 heavy (non-hydrogen) atoms. The number of phenols is 2. The molecule has 0 aliphatic rings. The van der Waals surface area contributed by atoms with Gasteiger partial charge in [0.25, 0.3) is 0 Å². The first-order valence-corrected chi connectivity index (χ1v) is 8.82. The Balaban J connectivity index is 2.14. The second-order valence-electron chi connectivity index (χ2n) is 6.27. The summed E-state index contributed by atoms with van der Waals surface area (Å²) in [5, 5.41) is 24.4. The molecule has 0 fully saturated rings. The van der Waals surface area contributed by atoms with E-state index in [-0.39, 0.29) is 11.5 Å². The van der Waals surface area contributed by atoms with Gasteiger partial charge in [-0.3, -0.25) is 0 Å². The van der Waals surface area contributed by atoms with Crippen LogP contribution in [0.1, 0.15) is 6.92 Å². The van der Waals surface area contributed by atoms with Gasteiger partial charge in [-0.2, -0.15) is 0 Å². The van der Waals surface area contributed by atoms with Crippen molar-refractivity contribution in [3.8, 4) is 34.1 Å². The summed E-state index contributed by atoms with van der Waals surface area (Å²) in [5.41, 5.74) is 1.80. The molecule has 0 saturated carbocycles. The fraction of sp³-hybridized carbons (Fsp3) is 0.130. The van der Waals surface area contributed by atoms with Crippen molar-refractivity contribution < 1.29 is 19.7 Å². The minimum Gasteiger partial charge on any atom is -0.504 e. The van der Waals surface area contributed by atoms with Crippen molar-refractivity contribution in [2.24, 2.45) is 0 Å². The maximum Gasteiger partial charge on any atom is 0.165 e. The lowest BCUT2D eigenvalue weighted by molar-refractivity contribution is 0.320. The van der Waals surface area contributed by atoms with Gasteiger partial charge in [0.2, 0.25) is 0 Å². The summed E-state index contributed by atoms with van der Waals surface area (Å²) in [7, 11) is 1.54. The highest BCUT2D eigenvalue weighted by atomic mass is 16.5. The lowest BCUT2D eigenvalue weighted by Gasteiger charge is -2.17. The largest absolute Gasteiger partial charge is 0.504 e. The van der Waals surface area contributed by atoms with Crippen LogP contribution < -0.4 is 9.47 Å². The Morgan fingerprint density at radius 2 is 1.15 bits per heavy atom. The number of phenolic OH excluding ortho intramolecular Hbond substituents is 2. The molecule has 4 heteroatoms. The molecule has 0 aromatic heterocycles. The average Bonchev–Trinajstić information content (AvgIpc) is 2.71. The topological polar surface area (TPSA) is 58.9 Å². The smallest absolute Gasteiger partial charge is 0.165 e. The van der Waals surface area contributed by atoms with Gasteiger partial charge in [0.15, 0.2) is 23.0 Å². The molecule has 0 radical (unpaired) electrons.